The van der Waals surface area contributed by atoms with Crippen molar-refractivity contribution >= 4 is 23.3 Å². The van der Waals surface area contributed by atoms with Gasteiger partial charge in [-0.2, -0.15) is 5.11 Å². The predicted molar refractivity (Wildman–Crippen MR) is 104 cm³/mol. The second-order valence-corrected chi connectivity index (χ2v) is 6.90. The molecule has 0 saturated carbocycles. The molecule has 0 unspecified atom stereocenters. The zero-order valence-electron chi connectivity index (χ0n) is 15.7. The van der Waals surface area contributed by atoms with Gasteiger partial charge >= 0.3 is 5.97 Å². The average Bonchev–Trinajstić information content (AvgIpc) is 2.71. The van der Waals surface area contributed by atoms with Crippen molar-refractivity contribution in [1.29, 1.82) is 0 Å². The number of ether oxygens (including phenoxy) is 1. The first-order valence-electron chi connectivity index (χ1n) is 9.27. The number of amides is 1. The largest absolute Gasteiger partial charge is 0.508 e. The number of carbonyl (C=O) groups excluding carboxylic acids is 2. The van der Waals surface area contributed by atoms with Crippen LogP contribution in [0.15, 0.2) is 58.8 Å². The minimum atomic E-state index is -0.612. The van der Waals surface area contributed by atoms with E-state index in [1.54, 1.807) is 41.3 Å². The van der Waals surface area contributed by atoms with Crippen LogP contribution in [0.25, 0.3) is 0 Å². The molecule has 1 fully saturated rings. The quantitative estimate of drug-likeness (QED) is 0.620. The molecule has 0 aromatic heterocycles. The Morgan fingerprint density at radius 2 is 1.89 bits per heavy atom. The Kier molecular flexibility index (Phi) is 6.37. The third-order valence-corrected chi connectivity index (χ3v) is 4.58. The van der Waals surface area contributed by atoms with Crippen molar-refractivity contribution in [3.05, 3.63) is 54.1 Å². The second kappa shape index (κ2) is 9.12. The summed E-state index contributed by atoms with van der Waals surface area (Å²) >= 11 is 0. The second-order valence-electron chi connectivity index (χ2n) is 6.90. The Bertz CT molecular complexity index is 864. The standard InChI is InChI=1S/C21H23N3O4/c1-15-5-4-12-24(13-15)20(26)14-28-21(27)18-6-2-3-7-19(18)23-22-16-8-10-17(25)11-9-16/h2-3,6-11,15,25H,4-5,12-14H2,1H3/t15-/m0/s1. The molecule has 0 radical (unpaired) electrons. The summed E-state index contributed by atoms with van der Waals surface area (Å²) in [5.41, 5.74) is 1.12. The summed E-state index contributed by atoms with van der Waals surface area (Å²) in [7, 11) is 0. The van der Waals surface area contributed by atoms with Crippen LogP contribution in [0.1, 0.15) is 30.1 Å². The van der Waals surface area contributed by atoms with Crippen LogP contribution in [-0.2, 0) is 9.53 Å². The van der Waals surface area contributed by atoms with E-state index < -0.39 is 5.97 Å². The van der Waals surface area contributed by atoms with Gasteiger partial charge in [0.25, 0.3) is 5.91 Å². The lowest BCUT2D eigenvalue weighted by Gasteiger charge is -2.30. The molecule has 2 aromatic rings. The first-order valence-corrected chi connectivity index (χ1v) is 9.27. The lowest BCUT2D eigenvalue weighted by atomic mass is 10.0. The molecule has 28 heavy (non-hydrogen) atoms. The van der Waals surface area contributed by atoms with E-state index in [9.17, 15) is 14.7 Å². The van der Waals surface area contributed by atoms with Gasteiger partial charge in [0, 0.05) is 13.1 Å². The van der Waals surface area contributed by atoms with E-state index in [0.717, 1.165) is 12.8 Å². The van der Waals surface area contributed by atoms with Crippen molar-refractivity contribution < 1.29 is 19.4 Å². The highest BCUT2D eigenvalue weighted by molar-refractivity contribution is 5.96. The van der Waals surface area contributed by atoms with Crippen LogP contribution in [0.2, 0.25) is 0 Å². The smallest absolute Gasteiger partial charge is 0.340 e. The molecule has 1 amide bonds. The van der Waals surface area contributed by atoms with E-state index in [1.807, 2.05) is 0 Å². The Hall–Kier alpha value is -3.22. The van der Waals surface area contributed by atoms with Crippen LogP contribution in [0.5, 0.6) is 5.75 Å². The molecule has 1 aliphatic heterocycles. The van der Waals surface area contributed by atoms with E-state index in [4.69, 9.17) is 4.74 Å². The number of azo groups is 1. The molecule has 3 rings (SSSR count). The van der Waals surface area contributed by atoms with Crippen LogP contribution in [0.3, 0.4) is 0 Å². The summed E-state index contributed by atoms with van der Waals surface area (Å²) in [6.07, 6.45) is 2.09. The number of hydrogen-bond donors (Lipinski definition) is 1. The summed E-state index contributed by atoms with van der Waals surface area (Å²) in [5.74, 6) is -0.188. The fraction of sp³-hybridized carbons (Fsp3) is 0.333. The van der Waals surface area contributed by atoms with E-state index in [-0.39, 0.29) is 23.8 Å². The number of carbonyl (C=O) groups is 2. The Morgan fingerprint density at radius 1 is 1.14 bits per heavy atom. The summed E-state index contributed by atoms with van der Waals surface area (Å²) in [6, 6.07) is 12.9. The number of phenolic OH excluding ortho intramolecular Hbond substituents is 1. The summed E-state index contributed by atoms with van der Waals surface area (Å²) in [4.78, 5) is 26.5. The molecule has 0 spiro atoms. The Morgan fingerprint density at radius 3 is 2.64 bits per heavy atom. The number of aromatic hydroxyl groups is 1. The number of esters is 1. The highest BCUT2D eigenvalue weighted by Crippen LogP contribution is 2.24. The van der Waals surface area contributed by atoms with Gasteiger partial charge < -0.3 is 14.7 Å². The van der Waals surface area contributed by atoms with Crippen LogP contribution in [-0.4, -0.2) is 41.6 Å². The molecule has 1 heterocycles. The van der Waals surface area contributed by atoms with Crippen LogP contribution in [0.4, 0.5) is 11.4 Å². The molecule has 1 N–H and O–H groups in total. The minimum absolute atomic E-state index is 0.135. The maximum atomic E-state index is 12.4. The van der Waals surface area contributed by atoms with Crippen LogP contribution in [0, 0.1) is 5.92 Å². The highest BCUT2D eigenvalue weighted by atomic mass is 16.5. The molecular formula is C21H23N3O4. The number of hydrogen-bond acceptors (Lipinski definition) is 6. The first-order chi connectivity index (χ1) is 13.5. The van der Waals surface area contributed by atoms with Gasteiger partial charge in [0.05, 0.1) is 11.3 Å². The van der Waals surface area contributed by atoms with Gasteiger partial charge in [-0.1, -0.05) is 19.1 Å². The highest BCUT2D eigenvalue weighted by Gasteiger charge is 2.22. The topological polar surface area (TPSA) is 91.6 Å². The van der Waals surface area contributed by atoms with E-state index >= 15 is 0 Å². The van der Waals surface area contributed by atoms with Crippen molar-refractivity contribution in [2.75, 3.05) is 19.7 Å². The van der Waals surface area contributed by atoms with E-state index in [0.29, 0.717) is 30.4 Å². The van der Waals surface area contributed by atoms with Gasteiger partial charge in [-0.25, -0.2) is 4.79 Å². The number of benzene rings is 2. The fourth-order valence-electron chi connectivity index (χ4n) is 3.08. The zero-order chi connectivity index (χ0) is 19.9. The fourth-order valence-corrected chi connectivity index (χ4v) is 3.08. The van der Waals surface area contributed by atoms with Crippen LogP contribution >= 0.6 is 0 Å². The monoisotopic (exact) mass is 381 g/mol. The van der Waals surface area contributed by atoms with Crippen molar-refractivity contribution in [3.63, 3.8) is 0 Å². The molecular weight excluding hydrogens is 358 g/mol. The Balaban J connectivity index is 1.63. The average molecular weight is 381 g/mol. The van der Waals surface area contributed by atoms with Crippen molar-refractivity contribution in [2.24, 2.45) is 16.1 Å². The lowest BCUT2D eigenvalue weighted by molar-refractivity contribution is -0.136. The third-order valence-electron chi connectivity index (χ3n) is 4.58. The maximum Gasteiger partial charge on any atom is 0.340 e. The molecule has 0 aliphatic carbocycles. The van der Waals surface area contributed by atoms with Gasteiger partial charge in [-0.05, 0) is 55.2 Å². The Labute approximate surface area is 163 Å². The molecule has 1 atom stereocenters. The predicted octanol–water partition coefficient (Wildman–Crippen LogP) is 4.22. The zero-order valence-corrected chi connectivity index (χ0v) is 15.7. The van der Waals surface area contributed by atoms with Gasteiger partial charge in [-0.15, -0.1) is 5.11 Å². The molecule has 146 valence electrons. The van der Waals surface area contributed by atoms with E-state index in [1.165, 1.54) is 12.1 Å². The lowest BCUT2D eigenvalue weighted by Crippen LogP contribution is -2.41. The molecule has 1 saturated heterocycles. The number of piperidine rings is 1. The van der Waals surface area contributed by atoms with Crippen molar-refractivity contribution in [2.45, 2.75) is 19.8 Å². The SMILES string of the molecule is C[C@H]1CCCN(C(=O)COC(=O)c2ccccc2N=Nc2ccc(O)cc2)C1. The molecule has 7 nitrogen and oxygen atoms in total. The maximum absolute atomic E-state index is 12.4. The third kappa shape index (κ3) is 5.16. The van der Waals surface area contributed by atoms with Gasteiger partial charge in [0.2, 0.25) is 0 Å². The minimum Gasteiger partial charge on any atom is -0.508 e. The van der Waals surface area contributed by atoms with Crippen LogP contribution < -0.4 is 0 Å². The summed E-state index contributed by atoms with van der Waals surface area (Å²) in [6.45, 7) is 3.24. The number of phenols is 1. The number of rotatable bonds is 5. The normalized spacial score (nSPS) is 16.9. The van der Waals surface area contributed by atoms with Gasteiger partial charge in [0.1, 0.15) is 11.4 Å². The number of likely N-dealkylation sites (tertiary alicyclic amines) is 1. The molecule has 0 bridgehead atoms. The molecule has 1 aliphatic rings. The molecule has 2 aromatic carbocycles. The molecule has 7 heteroatoms. The van der Waals surface area contributed by atoms with Gasteiger partial charge in [-0.3, -0.25) is 4.79 Å². The van der Waals surface area contributed by atoms with Crippen molar-refractivity contribution in [3.8, 4) is 5.75 Å². The van der Waals surface area contributed by atoms with Gasteiger partial charge in [0.15, 0.2) is 6.61 Å². The van der Waals surface area contributed by atoms with E-state index in [2.05, 4.69) is 17.2 Å². The summed E-state index contributed by atoms with van der Waals surface area (Å²) < 4.78 is 5.22. The summed E-state index contributed by atoms with van der Waals surface area (Å²) in [5, 5.41) is 17.5. The van der Waals surface area contributed by atoms with Crippen molar-refractivity contribution in [1.82, 2.24) is 4.90 Å². The first kappa shape index (κ1) is 19.5. The number of nitrogens with zero attached hydrogens (tertiary/aromatic N) is 3.